The molecule has 1 aliphatic heterocycles. The van der Waals surface area contributed by atoms with Crippen molar-refractivity contribution in [3.63, 3.8) is 0 Å². The third kappa shape index (κ3) is 3.01. The lowest BCUT2D eigenvalue weighted by Gasteiger charge is -2.30. The van der Waals surface area contributed by atoms with Gasteiger partial charge in [-0.15, -0.1) is 0 Å². The summed E-state index contributed by atoms with van der Waals surface area (Å²) in [6, 6.07) is 25.5. The zero-order valence-electron chi connectivity index (χ0n) is 15.4. The van der Waals surface area contributed by atoms with Crippen LogP contribution in [0.3, 0.4) is 0 Å². The molecule has 1 amide bonds. The monoisotopic (exact) mass is 368 g/mol. The molecule has 5 heteroatoms. The number of carbonyl (C=O) groups excluding carboxylic acids is 1. The van der Waals surface area contributed by atoms with Crippen molar-refractivity contribution in [1.29, 1.82) is 0 Å². The topological polar surface area (TPSA) is 50.2 Å². The van der Waals surface area contributed by atoms with Crippen LogP contribution in [0.2, 0.25) is 0 Å². The second-order valence-corrected chi connectivity index (χ2v) is 6.96. The summed E-state index contributed by atoms with van der Waals surface area (Å²) in [5.41, 5.74) is 4.84. The molecule has 4 aromatic rings. The van der Waals surface area contributed by atoms with Crippen LogP contribution >= 0.6 is 0 Å². The van der Waals surface area contributed by atoms with E-state index in [0.717, 1.165) is 42.4 Å². The molecule has 1 aliphatic rings. The van der Waals surface area contributed by atoms with Gasteiger partial charge in [-0.3, -0.25) is 4.79 Å². The van der Waals surface area contributed by atoms with E-state index in [4.69, 9.17) is 4.98 Å². The Morgan fingerprint density at radius 3 is 2.43 bits per heavy atom. The minimum absolute atomic E-state index is 0.0972. The SMILES string of the molecule is O=C(Nc1ccc(N2CCn3c(nc4ccccc43)C2)cc1)c1ccccc1. The molecule has 1 N–H and O–H groups in total. The Bertz CT molecular complexity index is 1130. The number of benzene rings is 3. The first-order valence-corrected chi connectivity index (χ1v) is 9.43. The first-order valence-electron chi connectivity index (χ1n) is 9.43. The van der Waals surface area contributed by atoms with Crippen LogP contribution in [0.1, 0.15) is 16.2 Å². The molecular weight excluding hydrogens is 348 g/mol. The van der Waals surface area contributed by atoms with Gasteiger partial charge in [0.05, 0.1) is 17.6 Å². The van der Waals surface area contributed by atoms with Crippen molar-refractivity contribution in [2.24, 2.45) is 0 Å². The van der Waals surface area contributed by atoms with E-state index >= 15 is 0 Å². The number of aromatic nitrogens is 2. The van der Waals surface area contributed by atoms with E-state index in [9.17, 15) is 4.79 Å². The van der Waals surface area contributed by atoms with Crippen molar-refractivity contribution < 1.29 is 4.79 Å². The number of rotatable bonds is 3. The summed E-state index contributed by atoms with van der Waals surface area (Å²) in [5.74, 6) is 0.994. The Labute approximate surface area is 163 Å². The maximum Gasteiger partial charge on any atom is 0.255 e. The standard InChI is InChI=1S/C23H20N4O/c28-23(17-6-2-1-3-7-17)24-18-10-12-19(13-11-18)26-14-15-27-21-9-5-4-8-20(21)25-22(27)16-26/h1-13H,14-16H2,(H,24,28). The Morgan fingerprint density at radius 1 is 0.857 bits per heavy atom. The van der Waals surface area contributed by atoms with Gasteiger partial charge < -0.3 is 14.8 Å². The van der Waals surface area contributed by atoms with Gasteiger partial charge in [-0.2, -0.15) is 0 Å². The lowest BCUT2D eigenvalue weighted by molar-refractivity contribution is 0.102. The summed E-state index contributed by atoms with van der Waals surface area (Å²) < 4.78 is 2.31. The number of hydrogen-bond acceptors (Lipinski definition) is 3. The van der Waals surface area contributed by atoms with Gasteiger partial charge in [-0.1, -0.05) is 30.3 Å². The van der Waals surface area contributed by atoms with E-state index in [0.29, 0.717) is 5.56 Å². The normalized spacial score (nSPS) is 13.4. The highest BCUT2D eigenvalue weighted by Crippen LogP contribution is 2.25. The summed E-state index contributed by atoms with van der Waals surface area (Å²) in [7, 11) is 0. The summed E-state index contributed by atoms with van der Waals surface area (Å²) in [5, 5.41) is 2.95. The highest BCUT2D eigenvalue weighted by molar-refractivity contribution is 6.04. The average Bonchev–Trinajstić information content (AvgIpc) is 3.13. The second-order valence-electron chi connectivity index (χ2n) is 6.96. The van der Waals surface area contributed by atoms with Gasteiger partial charge in [0.1, 0.15) is 5.82 Å². The lowest BCUT2D eigenvalue weighted by atomic mass is 10.2. The average molecular weight is 368 g/mol. The van der Waals surface area contributed by atoms with Gasteiger partial charge in [0.2, 0.25) is 0 Å². The van der Waals surface area contributed by atoms with Crippen molar-refractivity contribution in [2.75, 3.05) is 16.8 Å². The van der Waals surface area contributed by atoms with Crippen LogP contribution in [0, 0.1) is 0 Å². The van der Waals surface area contributed by atoms with Gasteiger partial charge in [0, 0.05) is 30.0 Å². The van der Waals surface area contributed by atoms with Gasteiger partial charge in [-0.05, 0) is 48.5 Å². The van der Waals surface area contributed by atoms with Crippen molar-refractivity contribution >= 4 is 28.3 Å². The highest BCUT2D eigenvalue weighted by Gasteiger charge is 2.20. The van der Waals surface area contributed by atoms with Crippen LogP contribution < -0.4 is 10.2 Å². The molecule has 0 aliphatic carbocycles. The molecular formula is C23H20N4O. The molecule has 28 heavy (non-hydrogen) atoms. The molecule has 0 radical (unpaired) electrons. The third-order valence-electron chi connectivity index (χ3n) is 5.19. The van der Waals surface area contributed by atoms with E-state index < -0.39 is 0 Å². The van der Waals surface area contributed by atoms with Crippen LogP contribution in [-0.2, 0) is 13.1 Å². The second kappa shape index (κ2) is 6.85. The fourth-order valence-corrected chi connectivity index (χ4v) is 3.73. The molecule has 0 spiro atoms. The Hall–Kier alpha value is -3.60. The summed E-state index contributed by atoms with van der Waals surface area (Å²) in [6.45, 7) is 2.63. The number of imidazole rings is 1. The summed E-state index contributed by atoms with van der Waals surface area (Å²) in [6.07, 6.45) is 0. The van der Waals surface area contributed by atoms with Gasteiger partial charge in [0.25, 0.3) is 5.91 Å². The number of nitrogens with one attached hydrogen (secondary N) is 1. The zero-order chi connectivity index (χ0) is 18.9. The van der Waals surface area contributed by atoms with E-state index in [1.54, 1.807) is 0 Å². The predicted octanol–water partition coefficient (Wildman–Crippen LogP) is 4.31. The lowest BCUT2D eigenvalue weighted by Crippen LogP contribution is -2.33. The number of anilines is 2. The molecule has 5 nitrogen and oxygen atoms in total. The van der Waals surface area contributed by atoms with Gasteiger partial charge in [-0.25, -0.2) is 4.98 Å². The smallest absolute Gasteiger partial charge is 0.255 e. The molecule has 0 saturated carbocycles. The molecule has 5 rings (SSSR count). The number of fused-ring (bicyclic) bond motifs is 3. The number of hydrogen-bond donors (Lipinski definition) is 1. The first-order chi connectivity index (χ1) is 13.8. The molecule has 138 valence electrons. The fraction of sp³-hybridized carbons (Fsp3) is 0.130. The predicted molar refractivity (Wildman–Crippen MR) is 112 cm³/mol. The van der Waals surface area contributed by atoms with Crippen molar-refractivity contribution in [1.82, 2.24) is 9.55 Å². The van der Waals surface area contributed by atoms with E-state index in [-0.39, 0.29) is 5.91 Å². The van der Waals surface area contributed by atoms with Crippen LogP contribution in [0.5, 0.6) is 0 Å². The van der Waals surface area contributed by atoms with Crippen molar-refractivity contribution in [2.45, 2.75) is 13.1 Å². The van der Waals surface area contributed by atoms with Crippen molar-refractivity contribution in [3.8, 4) is 0 Å². The quantitative estimate of drug-likeness (QED) is 0.586. The number of para-hydroxylation sites is 2. The Balaban J connectivity index is 1.32. The maximum absolute atomic E-state index is 12.3. The highest BCUT2D eigenvalue weighted by atomic mass is 16.1. The fourth-order valence-electron chi connectivity index (χ4n) is 3.73. The minimum atomic E-state index is -0.0972. The molecule has 1 aromatic heterocycles. The number of carbonyl (C=O) groups is 1. The van der Waals surface area contributed by atoms with Gasteiger partial charge >= 0.3 is 0 Å². The Kier molecular flexibility index (Phi) is 4.05. The molecule has 0 saturated heterocycles. The summed E-state index contributed by atoms with van der Waals surface area (Å²) >= 11 is 0. The largest absolute Gasteiger partial charge is 0.362 e. The number of amides is 1. The van der Waals surface area contributed by atoms with Crippen LogP contribution in [-0.4, -0.2) is 22.0 Å². The van der Waals surface area contributed by atoms with Crippen LogP contribution in [0.15, 0.2) is 78.9 Å². The molecule has 2 heterocycles. The Morgan fingerprint density at radius 2 is 1.61 bits per heavy atom. The molecule has 3 aromatic carbocycles. The molecule has 0 atom stereocenters. The first kappa shape index (κ1) is 16.6. The van der Waals surface area contributed by atoms with E-state index in [2.05, 4.69) is 45.1 Å². The van der Waals surface area contributed by atoms with Crippen molar-refractivity contribution in [3.05, 3.63) is 90.3 Å². The van der Waals surface area contributed by atoms with Crippen LogP contribution in [0.25, 0.3) is 11.0 Å². The van der Waals surface area contributed by atoms with Gasteiger partial charge in [0.15, 0.2) is 0 Å². The maximum atomic E-state index is 12.3. The molecule has 0 unspecified atom stereocenters. The zero-order valence-corrected chi connectivity index (χ0v) is 15.4. The summed E-state index contributed by atoms with van der Waals surface area (Å²) in [4.78, 5) is 19.4. The molecule has 0 bridgehead atoms. The minimum Gasteiger partial charge on any atom is -0.362 e. The van der Waals surface area contributed by atoms with E-state index in [1.165, 1.54) is 5.52 Å². The third-order valence-corrected chi connectivity index (χ3v) is 5.19. The van der Waals surface area contributed by atoms with E-state index in [1.807, 2.05) is 48.5 Å². The number of nitrogens with zero attached hydrogens (tertiary/aromatic N) is 3. The molecule has 0 fully saturated rings. The van der Waals surface area contributed by atoms with Crippen LogP contribution in [0.4, 0.5) is 11.4 Å².